The molecule has 0 radical (unpaired) electrons. The van der Waals surface area contributed by atoms with Crippen LogP contribution >= 0.6 is 0 Å². The zero-order valence-corrected chi connectivity index (χ0v) is 9.38. The largest absolute Gasteiger partial charge is 0.480 e. The molecule has 0 aliphatic heterocycles. The van der Waals surface area contributed by atoms with Crippen LogP contribution in [0.2, 0.25) is 0 Å². The number of carboxylic acids is 3. The average Bonchev–Trinajstić information content (AvgIpc) is 2.27. The Hall–Kier alpha value is -2.41. The van der Waals surface area contributed by atoms with Gasteiger partial charge in [-0.2, -0.15) is 0 Å². The van der Waals surface area contributed by atoms with Crippen molar-refractivity contribution in [2.45, 2.75) is 12.5 Å². The number of aliphatic carboxylic acids is 1. The fourth-order valence-corrected chi connectivity index (χ4v) is 1.35. The first-order valence-electron chi connectivity index (χ1n) is 4.81. The minimum Gasteiger partial charge on any atom is -0.480 e. The van der Waals surface area contributed by atoms with Crippen LogP contribution in [0.15, 0.2) is 18.2 Å². The van der Waals surface area contributed by atoms with Crippen LogP contribution in [0.5, 0.6) is 0 Å². The predicted octanol–water partition coefficient (Wildman–Crippen LogP) is 0.342. The van der Waals surface area contributed by atoms with E-state index in [4.69, 9.17) is 21.1 Å². The Labute approximate surface area is 101 Å². The molecule has 0 heterocycles. The molecular weight excluding hydrogens is 242 g/mol. The van der Waals surface area contributed by atoms with E-state index in [-0.39, 0.29) is 5.56 Å². The molecule has 96 valence electrons. The molecule has 1 atom stereocenters. The van der Waals surface area contributed by atoms with Gasteiger partial charge < -0.3 is 21.1 Å². The highest BCUT2D eigenvalue weighted by atomic mass is 16.4. The molecule has 7 nitrogen and oxygen atoms in total. The van der Waals surface area contributed by atoms with Crippen molar-refractivity contribution in [2.24, 2.45) is 5.73 Å². The van der Waals surface area contributed by atoms with Crippen LogP contribution in [0, 0.1) is 0 Å². The fraction of sp³-hybridized carbons (Fsp3) is 0.182. The molecule has 1 unspecified atom stereocenters. The number of rotatable bonds is 4. The van der Waals surface area contributed by atoms with E-state index in [0.717, 1.165) is 12.1 Å². The smallest absolute Gasteiger partial charge is 0.336 e. The van der Waals surface area contributed by atoms with Crippen LogP contribution < -0.4 is 5.73 Å². The molecule has 0 spiro atoms. The minimum absolute atomic E-state index is 0.0115. The van der Waals surface area contributed by atoms with E-state index in [1.165, 1.54) is 13.0 Å². The molecule has 7 heteroatoms. The summed E-state index contributed by atoms with van der Waals surface area (Å²) in [5, 5.41) is 26.6. The Morgan fingerprint density at radius 2 is 1.56 bits per heavy atom. The average molecular weight is 253 g/mol. The summed E-state index contributed by atoms with van der Waals surface area (Å²) < 4.78 is 0. The van der Waals surface area contributed by atoms with Gasteiger partial charge in [-0.25, -0.2) is 14.4 Å². The number of hydrogen-bond donors (Lipinski definition) is 4. The SMILES string of the molecule is CC(N)(C(=O)O)c1ccc(C(=O)O)c(C(=O)O)c1. The van der Waals surface area contributed by atoms with Gasteiger partial charge >= 0.3 is 17.9 Å². The van der Waals surface area contributed by atoms with Crippen molar-refractivity contribution in [1.82, 2.24) is 0 Å². The number of benzene rings is 1. The molecular formula is C11H11NO6. The van der Waals surface area contributed by atoms with Crippen molar-refractivity contribution < 1.29 is 29.7 Å². The maximum absolute atomic E-state index is 10.9. The summed E-state index contributed by atoms with van der Waals surface area (Å²) in [6.07, 6.45) is 0. The first-order chi connectivity index (χ1) is 8.17. The summed E-state index contributed by atoms with van der Waals surface area (Å²) in [5.74, 6) is -4.22. The van der Waals surface area contributed by atoms with Crippen molar-refractivity contribution in [2.75, 3.05) is 0 Å². The molecule has 1 rings (SSSR count). The van der Waals surface area contributed by atoms with Crippen LogP contribution in [0.3, 0.4) is 0 Å². The van der Waals surface area contributed by atoms with Crippen LogP contribution in [0.1, 0.15) is 33.2 Å². The van der Waals surface area contributed by atoms with E-state index < -0.39 is 34.6 Å². The van der Waals surface area contributed by atoms with Gasteiger partial charge in [0.15, 0.2) is 0 Å². The highest BCUT2D eigenvalue weighted by Gasteiger charge is 2.31. The fourth-order valence-electron chi connectivity index (χ4n) is 1.35. The van der Waals surface area contributed by atoms with Crippen LogP contribution in [-0.4, -0.2) is 33.2 Å². The quantitative estimate of drug-likeness (QED) is 0.606. The van der Waals surface area contributed by atoms with Gasteiger partial charge in [0.05, 0.1) is 11.1 Å². The van der Waals surface area contributed by atoms with Crippen molar-refractivity contribution in [3.63, 3.8) is 0 Å². The highest BCUT2D eigenvalue weighted by molar-refractivity contribution is 6.02. The molecule has 0 bridgehead atoms. The number of carbonyl (C=O) groups is 3. The molecule has 1 aromatic carbocycles. The molecule has 0 saturated carbocycles. The summed E-state index contributed by atoms with van der Waals surface area (Å²) in [6, 6.07) is 3.17. The number of nitrogens with two attached hydrogens (primary N) is 1. The van der Waals surface area contributed by atoms with Gasteiger partial charge in [0, 0.05) is 0 Å². The molecule has 18 heavy (non-hydrogen) atoms. The highest BCUT2D eigenvalue weighted by Crippen LogP contribution is 2.22. The maximum atomic E-state index is 10.9. The molecule has 0 aliphatic carbocycles. The lowest BCUT2D eigenvalue weighted by molar-refractivity contribution is -0.143. The Morgan fingerprint density at radius 3 is 1.94 bits per heavy atom. The molecule has 1 aromatic rings. The molecule has 0 saturated heterocycles. The van der Waals surface area contributed by atoms with E-state index in [2.05, 4.69) is 0 Å². The van der Waals surface area contributed by atoms with E-state index in [1.807, 2.05) is 0 Å². The molecule has 0 aliphatic rings. The third-order valence-corrected chi connectivity index (χ3v) is 2.52. The topological polar surface area (TPSA) is 138 Å². The van der Waals surface area contributed by atoms with E-state index in [9.17, 15) is 14.4 Å². The van der Waals surface area contributed by atoms with E-state index in [0.29, 0.717) is 0 Å². The summed E-state index contributed by atoms with van der Waals surface area (Å²) in [5.41, 5.74) is 2.83. The Kier molecular flexibility index (Phi) is 3.38. The number of carboxylic acid groups (broad SMARTS) is 3. The molecule has 0 amide bonds. The Bertz CT molecular complexity index is 534. The number of hydrogen-bond acceptors (Lipinski definition) is 4. The second kappa shape index (κ2) is 4.46. The second-order valence-electron chi connectivity index (χ2n) is 3.88. The van der Waals surface area contributed by atoms with Gasteiger partial charge in [0.1, 0.15) is 5.54 Å². The molecule has 5 N–H and O–H groups in total. The second-order valence-corrected chi connectivity index (χ2v) is 3.88. The lowest BCUT2D eigenvalue weighted by atomic mass is 9.90. The third kappa shape index (κ3) is 2.30. The maximum Gasteiger partial charge on any atom is 0.336 e. The van der Waals surface area contributed by atoms with E-state index >= 15 is 0 Å². The van der Waals surface area contributed by atoms with Crippen molar-refractivity contribution in [1.29, 1.82) is 0 Å². The predicted molar refractivity (Wildman–Crippen MR) is 59.5 cm³/mol. The van der Waals surface area contributed by atoms with Crippen molar-refractivity contribution in [3.8, 4) is 0 Å². The van der Waals surface area contributed by atoms with Crippen LogP contribution in [0.25, 0.3) is 0 Å². The van der Waals surface area contributed by atoms with Gasteiger partial charge in [0.2, 0.25) is 0 Å². The number of aromatic carboxylic acids is 2. The van der Waals surface area contributed by atoms with E-state index in [1.54, 1.807) is 0 Å². The zero-order valence-electron chi connectivity index (χ0n) is 9.38. The summed E-state index contributed by atoms with van der Waals surface area (Å²) in [7, 11) is 0. The summed E-state index contributed by atoms with van der Waals surface area (Å²) in [4.78, 5) is 32.7. The van der Waals surface area contributed by atoms with Crippen molar-refractivity contribution in [3.05, 3.63) is 34.9 Å². The van der Waals surface area contributed by atoms with Gasteiger partial charge in [-0.3, -0.25) is 0 Å². The van der Waals surface area contributed by atoms with Gasteiger partial charge in [-0.1, -0.05) is 6.07 Å². The van der Waals surface area contributed by atoms with Gasteiger partial charge in [-0.15, -0.1) is 0 Å². The monoisotopic (exact) mass is 253 g/mol. The van der Waals surface area contributed by atoms with Crippen LogP contribution in [0.4, 0.5) is 0 Å². The molecule has 0 aromatic heterocycles. The van der Waals surface area contributed by atoms with Gasteiger partial charge in [-0.05, 0) is 24.6 Å². The Morgan fingerprint density at radius 1 is 1.06 bits per heavy atom. The Balaban J connectivity index is 3.46. The van der Waals surface area contributed by atoms with Crippen LogP contribution in [-0.2, 0) is 10.3 Å². The third-order valence-electron chi connectivity index (χ3n) is 2.52. The normalized spacial score (nSPS) is 13.7. The first-order valence-corrected chi connectivity index (χ1v) is 4.81. The minimum atomic E-state index is -1.79. The first kappa shape index (κ1) is 13.7. The lowest BCUT2D eigenvalue weighted by Crippen LogP contribution is -2.41. The van der Waals surface area contributed by atoms with Gasteiger partial charge in [0.25, 0.3) is 0 Å². The summed E-state index contributed by atoms with van der Waals surface area (Å²) in [6.45, 7) is 1.19. The van der Waals surface area contributed by atoms with Crippen molar-refractivity contribution >= 4 is 17.9 Å². The lowest BCUT2D eigenvalue weighted by Gasteiger charge is -2.20. The standard InChI is InChI=1S/C11H11NO6/c1-11(12,10(17)18)5-2-3-6(8(13)14)7(4-5)9(15)16/h2-4H,12H2,1H3,(H,13,14)(H,15,16)(H,17,18). The molecule has 0 fully saturated rings. The zero-order chi connectivity index (χ0) is 14.1. The summed E-state index contributed by atoms with van der Waals surface area (Å²) >= 11 is 0.